The summed E-state index contributed by atoms with van der Waals surface area (Å²) in [7, 11) is 0. The molecule has 0 atom stereocenters. The number of benzene rings is 1. The van der Waals surface area contributed by atoms with E-state index in [0.717, 1.165) is 0 Å². The summed E-state index contributed by atoms with van der Waals surface area (Å²) in [6.45, 7) is 3.53. The predicted octanol–water partition coefficient (Wildman–Crippen LogP) is 2.07. The molecule has 0 unspecified atom stereocenters. The zero-order valence-corrected chi connectivity index (χ0v) is 13.5. The number of carboxylic acid groups (broad SMARTS) is 1. The number of hydrogen-bond acceptors (Lipinski definition) is 4. The first-order valence-corrected chi connectivity index (χ1v) is 7.55. The SMILES string of the molecule is Cc1ccc(CN2CCN(C(=O)O)CC2)c(OCC(=O)Cl)c1F. The third kappa shape index (κ3) is 4.56. The van der Waals surface area contributed by atoms with E-state index in [4.69, 9.17) is 21.4 Å². The fraction of sp³-hybridized carbons (Fsp3) is 0.467. The summed E-state index contributed by atoms with van der Waals surface area (Å²) < 4.78 is 19.5. The molecule has 1 aliphatic heterocycles. The van der Waals surface area contributed by atoms with Crippen LogP contribution in [0.3, 0.4) is 0 Å². The van der Waals surface area contributed by atoms with Crippen molar-refractivity contribution in [2.75, 3.05) is 32.8 Å². The third-order valence-corrected chi connectivity index (χ3v) is 3.85. The molecule has 1 aliphatic rings. The van der Waals surface area contributed by atoms with Crippen molar-refractivity contribution in [3.05, 3.63) is 29.1 Å². The lowest BCUT2D eigenvalue weighted by atomic mass is 10.1. The van der Waals surface area contributed by atoms with Gasteiger partial charge in [0.05, 0.1) is 0 Å². The second-order valence-electron chi connectivity index (χ2n) is 5.37. The summed E-state index contributed by atoms with van der Waals surface area (Å²) in [5.74, 6) is -0.482. The molecule has 0 aromatic heterocycles. The normalized spacial score (nSPS) is 15.5. The van der Waals surface area contributed by atoms with E-state index < -0.39 is 23.8 Å². The van der Waals surface area contributed by atoms with E-state index in [1.54, 1.807) is 19.1 Å². The first-order valence-electron chi connectivity index (χ1n) is 7.18. The summed E-state index contributed by atoms with van der Waals surface area (Å²) >= 11 is 5.25. The predicted molar refractivity (Wildman–Crippen MR) is 82.4 cm³/mol. The summed E-state index contributed by atoms with van der Waals surface area (Å²) in [5, 5.41) is 8.24. The third-order valence-electron chi connectivity index (χ3n) is 3.74. The Labute approximate surface area is 138 Å². The van der Waals surface area contributed by atoms with Gasteiger partial charge < -0.3 is 14.7 Å². The van der Waals surface area contributed by atoms with E-state index in [-0.39, 0.29) is 5.75 Å². The Morgan fingerprint density at radius 2 is 1.96 bits per heavy atom. The largest absolute Gasteiger partial charge is 0.481 e. The smallest absolute Gasteiger partial charge is 0.407 e. The van der Waals surface area contributed by atoms with Crippen LogP contribution in [-0.2, 0) is 11.3 Å². The van der Waals surface area contributed by atoms with Gasteiger partial charge in [-0.05, 0) is 24.1 Å². The number of hydrogen-bond donors (Lipinski definition) is 1. The molecule has 0 aliphatic carbocycles. The molecule has 2 rings (SSSR count). The van der Waals surface area contributed by atoms with Crippen molar-refractivity contribution >= 4 is 22.9 Å². The van der Waals surface area contributed by atoms with Crippen molar-refractivity contribution in [2.45, 2.75) is 13.5 Å². The number of rotatable bonds is 5. The molecule has 1 aromatic carbocycles. The standard InChI is InChI=1S/C15H18ClFN2O4/c1-10-2-3-11(14(13(10)17)23-9-12(16)20)8-18-4-6-19(7-5-18)15(21)22/h2-3H,4-9H2,1H3,(H,21,22). The summed E-state index contributed by atoms with van der Waals surface area (Å²) in [4.78, 5) is 25.1. The molecule has 1 N–H and O–H groups in total. The van der Waals surface area contributed by atoms with Gasteiger partial charge in [-0.1, -0.05) is 12.1 Å². The molecule has 0 saturated carbocycles. The Morgan fingerprint density at radius 1 is 1.30 bits per heavy atom. The highest BCUT2D eigenvalue weighted by Gasteiger charge is 2.22. The highest BCUT2D eigenvalue weighted by atomic mass is 35.5. The Bertz CT molecular complexity index is 603. The number of aryl methyl sites for hydroxylation is 1. The molecule has 126 valence electrons. The molecule has 8 heteroatoms. The van der Waals surface area contributed by atoms with Crippen LogP contribution in [0.4, 0.5) is 9.18 Å². The Hall–Kier alpha value is -1.86. The molecule has 1 aromatic rings. The first kappa shape index (κ1) is 17.5. The second kappa shape index (κ2) is 7.61. The molecule has 1 heterocycles. The topological polar surface area (TPSA) is 70.1 Å². The van der Waals surface area contributed by atoms with Crippen molar-refractivity contribution < 1.29 is 23.8 Å². The van der Waals surface area contributed by atoms with Gasteiger partial charge in [-0.3, -0.25) is 9.69 Å². The number of piperazine rings is 1. The van der Waals surface area contributed by atoms with Gasteiger partial charge in [-0.15, -0.1) is 0 Å². The van der Waals surface area contributed by atoms with E-state index >= 15 is 0 Å². The molecule has 1 fully saturated rings. The number of carbonyl (C=O) groups is 2. The highest BCUT2D eigenvalue weighted by Crippen LogP contribution is 2.27. The molecule has 0 spiro atoms. The second-order valence-corrected chi connectivity index (χ2v) is 5.80. The lowest BCUT2D eigenvalue weighted by molar-refractivity contribution is -0.113. The minimum atomic E-state index is -0.935. The monoisotopic (exact) mass is 344 g/mol. The number of ether oxygens (including phenoxy) is 1. The van der Waals surface area contributed by atoms with E-state index in [0.29, 0.717) is 43.9 Å². The summed E-state index contributed by atoms with van der Waals surface area (Å²) in [5.41, 5.74) is 1.02. The zero-order valence-electron chi connectivity index (χ0n) is 12.7. The molecule has 0 bridgehead atoms. The van der Waals surface area contributed by atoms with Crippen LogP contribution in [0, 0.1) is 12.7 Å². The lowest BCUT2D eigenvalue weighted by Crippen LogP contribution is -2.47. The Kier molecular flexibility index (Phi) is 5.79. The van der Waals surface area contributed by atoms with Gasteiger partial charge >= 0.3 is 6.09 Å². The van der Waals surface area contributed by atoms with Gasteiger partial charge in [-0.25, -0.2) is 9.18 Å². The average molecular weight is 345 g/mol. The molecular weight excluding hydrogens is 327 g/mol. The van der Waals surface area contributed by atoms with Crippen molar-refractivity contribution in [1.82, 2.24) is 9.80 Å². The summed E-state index contributed by atoms with van der Waals surface area (Å²) in [6.07, 6.45) is -0.935. The maximum absolute atomic E-state index is 14.3. The average Bonchev–Trinajstić information content (AvgIpc) is 2.51. The first-order chi connectivity index (χ1) is 10.9. The van der Waals surface area contributed by atoms with Crippen LogP contribution in [0.5, 0.6) is 5.75 Å². The van der Waals surface area contributed by atoms with Crippen LogP contribution in [-0.4, -0.2) is 59.0 Å². The molecule has 1 saturated heterocycles. The van der Waals surface area contributed by atoms with Crippen molar-refractivity contribution in [3.63, 3.8) is 0 Å². The fourth-order valence-electron chi connectivity index (χ4n) is 2.44. The minimum absolute atomic E-state index is 0.0275. The number of amides is 1. The molecular formula is C15H18ClFN2O4. The quantitative estimate of drug-likeness (QED) is 0.828. The van der Waals surface area contributed by atoms with Crippen LogP contribution in [0.15, 0.2) is 12.1 Å². The van der Waals surface area contributed by atoms with Gasteiger partial charge in [-0.2, -0.15) is 0 Å². The zero-order chi connectivity index (χ0) is 17.0. The van der Waals surface area contributed by atoms with Crippen molar-refractivity contribution in [1.29, 1.82) is 0 Å². The van der Waals surface area contributed by atoms with Crippen LogP contribution in [0.25, 0.3) is 0 Å². The summed E-state index contributed by atoms with van der Waals surface area (Å²) in [6, 6.07) is 3.39. The maximum Gasteiger partial charge on any atom is 0.407 e. The van der Waals surface area contributed by atoms with Crippen molar-refractivity contribution in [2.24, 2.45) is 0 Å². The van der Waals surface area contributed by atoms with Crippen LogP contribution < -0.4 is 4.74 Å². The van der Waals surface area contributed by atoms with E-state index in [1.807, 2.05) is 4.90 Å². The Morgan fingerprint density at radius 3 is 2.52 bits per heavy atom. The van der Waals surface area contributed by atoms with Crippen molar-refractivity contribution in [3.8, 4) is 5.75 Å². The highest BCUT2D eigenvalue weighted by molar-refractivity contribution is 6.63. The number of nitrogens with zero attached hydrogens (tertiary/aromatic N) is 2. The van der Waals surface area contributed by atoms with Crippen LogP contribution in [0.2, 0.25) is 0 Å². The molecule has 6 nitrogen and oxygen atoms in total. The molecule has 23 heavy (non-hydrogen) atoms. The van der Waals surface area contributed by atoms with E-state index in [1.165, 1.54) is 4.90 Å². The maximum atomic E-state index is 14.3. The molecule has 0 radical (unpaired) electrons. The van der Waals surface area contributed by atoms with E-state index in [9.17, 15) is 14.0 Å². The lowest BCUT2D eigenvalue weighted by Gasteiger charge is -2.33. The fourth-order valence-corrected chi connectivity index (χ4v) is 2.50. The minimum Gasteiger partial charge on any atom is -0.481 e. The molecule has 1 amide bonds. The van der Waals surface area contributed by atoms with Gasteiger partial charge in [0.15, 0.2) is 18.2 Å². The van der Waals surface area contributed by atoms with Gasteiger partial charge in [0.25, 0.3) is 5.24 Å². The van der Waals surface area contributed by atoms with Gasteiger partial charge in [0, 0.05) is 38.3 Å². The van der Waals surface area contributed by atoms with Crippen LogP contribution >= 0.6 is 11.6 Å². The van der Waals surface area contributed by atoms with E-state index in [2.05, 4.69) is 0 Å². The van der Waals surface area contributed by atoms with Crippen LogP contribution in [0.1, 0.15) is 11.1 Å². The number of carbonyl (C=O) groups excluding carboxylic acids is 1. The number of halogens is 2. The van der Waals surface area contributed by atoms with Gasteiger partial charge in [0.2, 0.25) is 0 Å². The Balaban J connectivity index is 2.09. The van der Waals surface area contributed by atoms with Gasteiger partial charge in [0.1, 0.15) is 0 Å².